The van der Waals surface area contributed by atoms with Gasteiger partial charge in [-0.05, 0) is 50.2 Å². The third kappa shape index (κ3) is 2.87. The minimum Gasteiger partial charge on any atom is -0.0988 e. The van der Waals surface area contributed by atoms with E-state index in [0.717, 1.165) is 6.42 Å². The van der Waals surface area contributed by atoms with Gasteiger partial charge in [0.2, 0.25) is 0 Å². The number of allylic oxidation sites excluding steroid dienone is 5. The van der Waals surface area contributed by atoms with Crippen LogP contribution < -0.4 is 0 Å². The molecule has 0 aromatic carbocycles. The Kier molecular flexibility index (Phi) is 4.01. The number of rotatable bonds is 3. The molecule has 0 saturated carbocycles. The normalized spacial score (nSPS) is 19.1. The second-order valence-corrected chi connectivity index (χ2v) is 3.81. The second-order valence-electron chi connectivity index (χ2n) is 3.81. The maximum absolute atomic E-state index is 3.88. The maximum atomic E-state index is 3.88. The van der Waals surface area contributed by atoms with E-state index >= 15 is 0 Å². The van der Waals surface area contributed by atoms with Crippen LogP contribution in [0.1, 0.15) is 46.0 Å². The first kappa shape index (κ1) is 10.3. The van der Waals surface area contributed by atoms with Gasteiger partial charge in [-0.2, -0.15) is 0 Å². The Balaban J connectivity index is 2.85. The lowest BCUT2D eigenvalue weighted by molar-refractivity contribution is 0.692. The molecule has 0 nitrogen and oxygen atoms in total. The van der Waals surface area contributed by atoms with Crippen molar-refractivity contribution in [3.8, 4) is 0 Å². The number of hydrogen-bond donors (Lipinski definition) is 0. The summed E-state index contributed by atoms with van der Waals surface area (Å²) >= 11 is 0. The van der Waals surface area contributed by atoms with Gasteiger partial charge in [0.25, 0.3) is 0 Å². The standard InChI is InChI=1S/C13H20/c1-4-11(3)10-13-9-7-6-8-12(13)5-2/h5,10H,2,4,6-9H2,1,3H3/b11-10-. The fraction of sp³-hybridized carbons (Fsp3) is 0.538. The van der Waals surface area contributed by atoms with Gasteiger partial charge in [0.05, 0.1) is 0 Å². The van der Waals surface area contributed by atoms with Crippen LogP contribution in [0.3, 0.4) is 0 Å². The smallest absolute Gasteiger partial charge is 0.0276 e. The minimum atomic E-state index is 1.16. The molecule has 0 spiro atoms. The maximum Gasteiger partial charge on any atom is -0.0276 e. The van der Waals surface area contributed by atoms with Gasteiger partial charge in [0.1, 0.15) is 0 Å². The SMILES string of the molecule is C=CC1=C(/C=C(/C)CC)CCCC1. The zero-order chi connectivity index (χ0) is 9.68. The molecular formula is C13H20. The Hall–Kier alpha value is -0.780. The Bertz CT molecular complexity index is 241. The molecule has 13 heavy (non-hydrogen) atoms. The van der Waals surface area contributed by atoms with E-state index in [1.165, 1.54) is 42.4 Å². The lowest BCUT2D eigenvalue weighted by atomic mass is 9.90. The summed E-state index contributed by atoms with van der Waals surface area (Å²) in [6, 6.07) is 0. The van der Waals surface area contributed by atoms with Gasteiger partial charge in [-0.3, -0.25) is 0 Å². The molecule has 0 aliphatic heterocycles. The minimum absolute atomic E-state index is 1.16. The van der Waals surface area contributed by atoms with Crippen molar-refractivity contribution >= 4 is 0 Å². The van der Waals surface area contributed by atoms with Crippen molar-refractivity contribution in [3.63, 3.8) is 0 Å². The van der Waals surface area contributed by atoms with Crippen molar-refractivity contribution in [3.05, 3.63) is 35.5 Å². The van der Waals surface area contributed by atoms with Crippen molar-refractivity contribution in [1.82, 2.24) is 0 Å². The predicted octanol–water partition coefficient (Wildman–Crippen LogP) is 4.40. The van der Waals surface area contributed by atoms with Crippen LogP contribution in [0.5, 0.6) is 0 Å². The molecule has 0 bridgehead atoms. The third-order valence-corrected chi connectivity index (χ3v) is 2.78. The monoisotopic (exact) mass is 176 g/mol. The Morgan fingerprint density at radius 2 is 1.92 bits per heavy atom. The van der Waals surface area contributed by atoms with Crippen molar-refractivity contribution < 1.29 is 0 Å². The van der Waals surface area contributed by atoms with Crippen LogP contribution in [-0.4, -0.2) is 0 Å². The zero-order valence-corrected chi connectivity index (χ0v) is 8.90. The molecule has 0 radical (unpaired) electrons. The second kappa shape index (κ2) is 5.06. The van der Waals surface area contributed by atoms with E-state index in [1.807, 2.05) is 6.08 Å². The molecule has 0 fully saturated rings. The Morgan fingerprint density at radius 3 is 2.46 bits per heavy atom. The highest BCUT2D eigenvalue weighted by Crippen LogP contribution is 2.27. The van der Waals surface area contributed by atoms with Crippen LogP contribution >= 0.6 is 0 Å². The van der Waals surface area contributed by atoms with E-state index in [4.69, 9.17) is 0 Å². The van der Waals surface area contributed by atoms with Gasteiger partial charge in [-0.15, -0.1) is 0 Å². The first-order valence-corrected chi connectivity index (χ1v) is 5.29. The van der Waals surface area contributed by atoms with Gasteiger partial charge in [0, 0.05) is 0 Å². The molecule has 1 rings (SSSR count). The highest BCUT2D eigenvalue weighted by Gasteiger charge is 2.07. The first-order valence-electron chi connectivity index (χ1n) is 5.29. The highest BCUT2D eigenvalue weighted by molar-refractivity contribution is 5.35. The average molecular weight is 176 g/mol. The Morgan fingerprint density at radius 1 is 1.31 bits per heavy atom. The summed E-state index contributed by atoms with van der Waals surface area (Å²) in [5.74, 6) is 0. The van der Waals surface area contributed by atoms with E-state index in [2.05, 4.69) is 26.5 Å². The van der Waals surface area contributed by atoms with Crippen molar-refractivity contribution in [1.29, 1.82) is 0 Å². The van der Waals surface area contributed by atoms with Crippen molar-refractivity contribution in [2.24, 2.45) is 0 Å². The van der Waals surface area contributed by atoms with E-state index in [1.54, 1.807) is 0 Å². The largest absolute Gasteiger partial charge is 0.0988 e. The fourth-order valence-corrected chi connectivity index (χ4v) is 1.75. The molecule has 1 aliphatic rings. The zero-order valence-electron chi connectivity index (χ0n) is 8.90. The summed E-state index contributed by atoms with van der Waals surface area (Å²) in [4.78, 5) is 0. The van der Waals surface area contributed by atoms with Crippen LogP contribution in [-0.2, 0) is 0 Å². The van der Waals surface area contributed by atoms with Crippen LogP contribution in [0.4, 0.5) is 0 Å². The molecular weight excluding hydrogens is 156 g/mol. The summed E-state index contributed by atoms with van der Waals surface area (Å²) < 4.78 is 0. The van der Waals surface area contributed by atoms with Crippen LogP contribution in [0, 0.1) is 0 Å². The summed E-state index contributed by atoms with van der Waals surface area (Å²) in [7, 11) is 0. The Labute approximate surface area is 82.0 Å². The van der Waals surface area contributed by atoms with E-state index in [9.17, 15) is 0 Å². The molecule has 0 unspecified atom stereocenters. The van der Waals surface area contributed by atoms with Crippen molar-refractivity contribution in [2.75, 3.05) is 0 Å². The van der Waals surface area contributed by atoms with Crippen LogP contribution in [0.15, 0.2) is 35.5 Å². The summed E-state index contributed by atoms with van der Waals surface area (Å²) in [6.07, 6.45) is 10.7. The molecule has 72 valence electrons. The van der Waals surface area contributed by atoms with Gasteiger partial charge in [0.15, 0.2) is 0 Å². The van der Waals surface area contributed by atoms with Gasteiger partial charge in [-0.25, -0.2) is 0 Å². The third-order valence-electron chi connectivity index (χ3n) is 2.78. The van der Waals surface area contributed by atoms with Gasteiger partial charge < -0.3 is 0 Å². The van der Waals surface area contributed by atoms with Crippen LogP contribution in [0.25, 0.3) is 0 Å². The molecule has 0 amide bonds. The van der Waals surface area contributed by atoms with E-state index < -0.39 is 0 Å². The summed E-state index contributed by atoms with van der Waals surface area (Å²) in [5.41, 5.74) is 4.48. The molecule has 0 saturated heterocycles. The molecule has 0 aromatic heterocycles. The molecule has 0 aromatic rings. The first-order chi connectivity index (χ1) is 6.27. The van der Waals surface area contributed by atoms with E-state index in [0.29, 0.717) is 0 Å². The fourth-order valence-electron chi connectivity index (χ4n) is 1.75. The quantitative estimate of drug-likeness (QED) is 0.598. The van der Waals surface area contributed by atoms with Gasteiger partial charge >= 0.3 is 0 Å². The lowest BCUT2D eigenvalue weighted by Gasteiger charge is -2.15. The molecule has 0 heteroatoms. The van der Waals surface area contributed by atoms with Crippen LogP contribution in [0.2, 0.25) is 0 Å². The molecule has 0 heterocycles. The van der Waals surface area contributed by atoms with Gasteiger partial charge in [-0.1, -0.05) is 31.2 Å². The lowest BCUT2D eigenvalue weighted by Crippen LogP contribution is -1.96. The highest BCUT2D eigenvalue weighted by atomic mass is 14.1. The molecule has 1 aliphatic carbocycles. The molecule has 0 N–H and O–H groups in total. The van der Waals surface area contributed by atoms with Crippen molar-refractivity contribution in [2.45, 2.75) is 46.0 Å². The average Bonchev–Trinajstić information content (AvgIpc) is 2.18. The summed E-state index contributed by atoms with van der Waals surface area (Å²) in [5, 5.41) is 0. The van der Waals surface area contributed by atoms with E-state index in [-0.39, 0.29) is 0 Å². The summed E-state index contributed by atoms with van der Waals surface area (Å²) in [6.45, 7) is 8.30. The topological polar surface area (TPSA) is 0 Å². The molecule has 0 atom stereocenters. The predicted molar refractivity (Wildman–Crippen MR) is 59.7 cm³/mol. The number of hydrogen-bond acceptors (Lipinski definition) is 0.